The third-order valence-electron chi connectivity index (χ3n) is 10.9. The van der Waals surface area contributed by atoms with Crippen LogP contribution in [0.3, 0.4) is 0 Å². The van der Waals surface area contributed by atoms with Crippen LogP contribution in [-0.4, -0.2) is 0 Å². The number of thiophene rings is 1. The first kappa shape index (κ1) is 29.9. The quantitative estimate of drug-likeness (QED) is 0.176. The Bertz CT molecular complexity index is 2780. The fourth-order valence-electron chi connectivity index (χ4n) is 8.28. The van der Waals surface area contributed by atoms with Crippen molar-refractivity contribution in [3.63, 3.8) is 0 Å². The van der Waals surface area contributed by atoms with Crippen molar-refractivity contribution in [3.05, 3.63) is 187 Å². The minimum absolute atomic E-state index is 0.0833. The summed E-state index contributed by atoms with van der Waals surface area (Å²) in [6.07, 6.45) is 0. The maximum atomic E-state index is 2.43. The van der Waals surface area contributed by atoms with Crippen molar-refractivity contribution < 1.29 is 0 Å². The van der Waals surface area contributed by atoms with Gasteiger partial charge in [0.25, 0.3) is 0 Å². The van der Waals surface area contributed by atoms with E-state index in [0.29, 0.717) is 0 Å². The number of rotatable bonds is 5. The van der Waals surface area contributed by atoms with Gasteiger partial charge in [-0.05, 0) is 110 Å². The van der Waals surface area contributed by atoms with Gasteiger partial charge in [-0.2, -0.15) is 0 Å². The first-order valence-corrected chi connectivity index (χ1v) is 18.5. The molecular formula is C49H35NS. The largest absolute Gasteiger partial charge is 0.310 e. The molecule has 51 heavy (non-hydrogen) atoms. The van der Waals surface area contributed by atoms with Crippen LogP contribution in [0.4, 0.5) is 17.1 Å². The van der Waals surface area contributed by atoms with E-state index in [4.69, 9.17) is 0 Å². The molecule has 1 nitrogen and oxygen atoms in total. The van der Waals surface area contributed by atoms with Crippen LogP contribution in [0.2, 0.25) is 0 Å². The Morgan fingerprint density at radius 1 is 0.392 bits per heavy atom. The van der Waals surface area contributed by atoms with Crippen molar-refractivity contribution in [1.82, 2.24) is 0 Å². The van der Waals surface area contributed by atoms with Gasteiger partial charge < -0.3 is 4.90 Å². The molecule has 0 aliphatic heterocycles. The van der Waals surface area contributed by atoms with E-state index in [1.807, 2.05) is 11.3 Å². The molecule has 0 atom stereocenters. The summed E-state index contributed by atoms with van der Waals surface area (Å²) in [6.45, 7) is 4.72. The predicted molar refractivity (Wildman–Crippen MR) is 220 cm³/mol. The van der Waals surface area contributed by atoms with E-state index in [1.54, 1.807) is 0 Å². The molecule has 0 radical (unpaired) electrons. The fourth-order valence-corrected chi connectivity index (χ4v) is 9.36. The predicted octanol–water partition coefficient (Wildman–Crippen LogP) is 14.3. The highest BCUT2D eigenvalue weighted by Crippen LogP contribution is 2.51. The van der Waals surface area contributed by atoms with E-state index < -0.39 is 0 Å². The van der Waals surface area contributed by atoms with Crippen LogP contribution < -0.4 is 4.90 Å². The van der Waals surface area contributed by atoms with Crippen molar-refractivity contribution in [2.24, 2.45) is 0 Å². The minimum Gasteiger partial charge on any atom is -0.310 e. The molecule has 1 heterocycles. The molecule has 8 aromatic carbocycles. The second-order valence-corrected chi connectivity index (χ2v) is 15.3. The van der Waals surface area contributed by atoms with Crippen LogP contribution in [0.25, 0.3) is 64.3 Å². The number of hydrogen-bond donors (Lipinski definition) is 0. The molecule has 1 aliphatic rings. The Balaban J connectivity index is 1.09. The fraction of sp³-hybridized carbons (Fsp3) is 0.0612. The molecule has 0 bridgehead atoms. The number of nitrogens with zero attached hydrogens (tertiary/aromatic N) is 1. The topological polar surface area (TPSA) is 3.24 Å². The monoisotopic (exact) mass is 669 g/mol. The lowest BCUT2D eigenvalue weighted by Gasteiger charge is -2.28. The molecule has 0 amide bonds. The van der Waals surface area contributed by atoms with E-state index in [0.717, 1.165) is 11.4 Å². The van der Waals surface area contributed by atoms with Gasteiger partial charge in [0.15, 0.2) is 0 Å². The summed E-state index contributed by atoms with van der Waals surface area (Å²) in [4.78, 5) is 2.43. The molecule has 10 rings (SSSR count). The molecule has 242 valence electrons. The lowest BCUT2D eigenvalue weighted by molar-refractivity contribution is 0.660. The summed E-state index contributed by atoms with van der Waals surface area (Å²) >= 11 is 1.86. The van der Waals surface area contributed by atoms with Crippen molar-refractivity contribution in [2.45, 2.75) is 19.3 Å². The Labute approximate surface area is 302 Å². The number of anilines is 3. The molecule has 1 aromatic heterocycles. The summed E-state index contributed by atoms with van der Waals surface area (Å²) in [6, 6.07) is 64.9. The second kappa shape index (κ2) is 11.6. The van der Waals surface area contributed by atoms with Gasteiger partial charge in [-0.25, -0.2) is 0 Å². The third-order valence-corrected chi connectivity index (χ3v) is 12.0. The smallest absolute Gasteiger partial charge is 0.0468 e. The van der Waals surface area contributed by atoms with E-state index in [9.17, 15) is 0 Å². The van der Waals surface area contributed by atoms with Crippen LogP contribution in [0, 0.1) is 0 Å². The van der Waals surface area contributed by atoms with Gasteiger partial charge in [-0.15, -0.1) is 11.3 Å². The van der Waals surface area contributed by atoms with Crippen molar-refractivity contribution in [1.29, 1.82) is 0 Å². The van der Waals surface area contributed by atoms with Gasteiger partial charge in [-0.1, -0.05) is 135 Å². The van der Waals surface area contributed by atoms with Crippen LogP contribution in [-0.2, 0) is 5.41 Å². The summed E-state index contributed by atoms with van der Waals surface area (Å²) in [7, 11) is 0. The van der Waals surface area contributed by atoms with E-state index in [1.165, 1.54) is 81.1 Å². The molecule has 2 heteroatoms. The van der Waals surface area contributed by atoms with E-state index >= 15 is 0 Å². The summed E-state index contributed by atoms with van der Waals surface area (Å²) in [5.74, 6) is 0. The van der Waals surface area contributed by atoms with Crippen molar-refractivity contribution in [2.75, 3.05) is 4.90 Å². The summed E-state index contributed by atoms with van der Waals surface area (Å²) < 4.78 is 2.63. The van der Waals surface area contributed by atoms with Gasteiger partial charge >= 0.3 is 0 Å². The average molecular weight is 670 g/mol. The van der Waals surface area contributed by atoms with E-state index in [2.05, 4.69) is 195 Å². The normalized spacial score (nSPS) is 13.1. The summed E-state index contributed by atoms with van der Waals surface area (Å²) in [5.41, 5.74) is 13.7. The lowest BCUT2D eigenvalue weighted by Crippen LogP contribution is -2.16. The van der Waals surface area contributed by atoms with Crippen molar-refractivity contribution >= 4 is 59.3 Å². The minimum atomic E-state index is -0.0833. The van der Waals surface area contributed by atoms with Gasteiger partial charge in [0, 0.05) is 42.6 Å². The Hall–Kier alpha value is -5.96. The number of fused-ring (bicyclic) bond motifs is 7. The molecule has 0 saturated heterocycles. The zero-order valence-electron chi connectivity index (χ0n) is 28.6. The number of benzene rings is 8. The van der Waals surface area contributed by atoms with Crippen LogP contribution >= 0.6 is 11.3 Å². The van der Waals surface area contributed by atoms with Gasteiger partial charge in [-0.3, -0.25) is 0 Å². The Morgan fingerprint density at radius 3 is 1.92 bits per heavy atom. The molecule has 0 N–H and O–H groups in total. The number of hydrogen-bond acceptors (Lipinski definition) is 2. The zero-order valence-corrected chi connectivity index (χ0v) is 29.4. The maximum absolute atomic E-state index is 2.43. The SMILES string of the molecule is CC1(C)c2ccccc2-c2ccc(N(c3ccc(-c4cccc(-c5cccc6ccccc56)c4)cc3)c3ccc4sc5ccccc5c4c3)cc21. The zero-order chi connectivity index (χ0) is 34.1. The van der Waals surface area contributed by atoms with Crippen LogP contribution in [0.1, 0.15) is 25.0 Å². The molecule has 0 unspecified atom stereocenters. The lowest BCUT2D eigenvalue weighted by atomic mass is 9.82. The Morgan fingerprint density at radius 2 is 1.02 bits per heavy atom. The molecule has 0 fully saturated rings. The highest BCUT2D eigenvalue weighted by Gasteiger charge is 2.35. The third kappa shape index (κ3) is 4.82. The van der Waals surface area contributed by atoms with E-state index in [-0.39, 0.29) is 5.41 Å². The highest BCUT2D eigenvalue weighted by atomic mass is 32.1. The van der Waals surface area contributed by atoms with Gasteiger partial charge in [0.1, 0.15) is 0 Å². The first-order valence-electron chi connectivity index (χ1n) is 17.7. The molecule has 0 saturated carbocycles. The summed E-state index contributed by atoms with van der Waals surface area (Å²) in [5, 5.41) is 5.15. The maximum Gasteiger partial charge on any atom is 0.0468 e. The first-order chi connectivity index (χ1) is 25.0. The average Bonchev–Trinajstić information content (AvgIpc) is 3.66. The van der Waals surface area contributed by atoms with Crippen molar-refractivity contribution in [3.8, 4) is 33.4 Å². The van der Waals surface area contributed by atoms with Crippen LogP contribution in [0.15, 0.2) is 176 Å². The molecule has 0 spiro atoms. The second-order valence-electron chi connectivity index (χ2n) is 14.2. The molecule has 1 aliphatic carbocycles. The van der Waals surface area contributed by atoms with Crippen LogP contribution in [0.5, 0.6) is 0 Å². The molecule has 9 aromatic rings. The highest BCUT2D eigenvalue weighted by molar-refractivity contribution is 7.25. The Kier molecular flexibility index (Phi) is 6.78. The standard InChI is InChI=1S/C49H35NS/c1-49(2)45-19-7-5-16-41(45)42-27-25-38(31-46(42)49)50(37-26-28-48-44(30-37)43-17-6-8-20-47(43)51-48)36-23-21-32(22-24-36)34-13-9-14-35(29-34)40-18-10-12-33-11-3-4-15-39(33)40/h3-31H,1-2H3. The van der Waals surface area contributed by atoms with Gasteiger partial charge in [0.05, 0.1) is 0 Å². The van der Waals surface area contributed by atoms with Gasteiger partial charge in [0.2, 0.25) is 0 Å². The molecular weight excluding hydrogens is 635 g/mol.